The number of esters is 1. The molecule has 0 N–H and O–H groups in total. The molecule has 0 saturated carbocycles. The van der Waals surface area contributed by atoms with Gasteiger partial charge in [0.2, 0.25) is 0 Å². The van der Waals surface area contributed by atoms with Crippen LogP contribution in [0.3, 0.4) is 0 Å². The van der Waals surface area contributed by atoms with Crippen LogP contribution < -0.4 is 4.74 Å². The SMILES string of the molecule is Cc1nnc(COC(=O)c2cccc(COc3cccc(C#N)c3)c2)n1C. The van der Waals surface area contributed by atoms with Crippen molar-refractivity contribution in [2.24, 2.45) is 7.05 Å². The minimum atomic E-state index is -0.441. The number of rotatable bonds is 6. The van der Waals surface area contributed by atoms with E-state index in [1.165, 1.54) is 0 Å². The second-order valence-electron chi connectivity index (χ2n) is 5.93. The van der Waals surface area contributed by atoms with E-state index in [1.807, 2.05) is 20.0 Å². The summed E-state index contributed by atoms with van der Waals surface area (Å²) in [7, 11) is 1.82. The van der Waals surface area contributed by atoms with Crippen LogP contribution in [0, 0.1) is 18.3 Å². The zero-order chi connectivity index (χ0) is 19.2. The molecule has 0 bridgehead atoms. The summed E-state index contributed by atoms with van der Waals surface area (Å²) in [6.45, 7) is 2.16. The van der Waals surface area contributed by atoms with Gasteiger partial charge in [-0.3, -0.25) is 0 Å². The number of ether oxygens (including phenoxy) is 2. The zero-order valence-electron chi connectivity index (χ0n) is 15.0. The van der Waals surface area contributed by atoms with Crippen molar-refractivity contribution in [3.05, 3.63) is 76.9 Å². The number of aromatic nitrogens is 3. The van der Waals surface area contributed by atoms with Crippen molar-refractivity contribution in [1.82, 2.24) is 14.8 Å². The second kappa shape index (κ2) is 8.15. The van der Waals surface area contributed by atoms with Crippen molar-refractivity contribution >= 4 is 5.97 Å². The van der Waals surface area contributed by atoms with Gasteiger partial charge in [0.1, 0.15) is 18.2 Å². The monoisotopic (exact) mass is 362 g/mol. The van der Waals surface area contributed by atoms with Crippen LogP contribution in [0.4, 0.5) is 0 Å². The molecule has 1 heterocycles. The third kappa shape index (κ3) is 4.50. The van der Waals surface area contributed by atoms with Gasteiger partial charge in [-0.2, -0.15) is 5.26 Å². The quantitative estimate of drug-likeness (QED) is 0.626. The van der Waals surface area contributed by atoms with E-state index in [1.54, 1.807) is 47.0 Å². The van der Waals surface area contributed by atoms with Gasteiger partial charge < -0.3 is 14.0 Å². The van der Waals surface area contributed by atoms with Crippen molar-refractivity contribution in [2.45, 2.75) is 20.1 Å². The minimum Gasteiger partial charge on any atom is -0.489 e. The summed E-state index contributed by atoms with van der Waals surface area (Å²) >= 11 is 0. The number of benzene rings is 2. The lowest BCUT2D eigenvalue weighted by Crippen LogP contribution is -2.09. The van der Waals surface area contributed by atoms with Crippen LogP contribution in [0.2, 0.25) is 0 Å². The molecule has 0 amide bonds. The Morgan fingerprint density at radius 3 is 2.70 bits per heavy atom. The maximum absolute atomic E-state index is 12.3. The first-order chi connectivity index (χ1) is 13.1. The number of nitriles is 1. The Labute approximate surface area is 156 Å². The first-order valence-corrected chi connectivity index (χ1v) is 8.30. The highest BCUT2D eigenvalue weighted by atomic mass is 16.5. The van der Waals surface area contributed by atoms with Gasteiger partial charge in [0.05, 0.1) is 17.2 Å². The molecule has 2 aromatic carbocycles. The Bertz CT molecular complexity index is 1000. The molecule has 0 fully saturated rings. The predicted molar refractivity (Wildman–Crippen MR) is 96.8 cm³/mol. The molecule has 0 aliphatic carbocycles. The van der Waals surface area contributed by atoms with Gasteiger partial charge in [-0.15, -0.1) is 10.2 Å². The van der Waals surface area contributed by atoms with Crippen LogP contribution in [0.1, 0.15) is 33.1 Å². The van der Waals surface area contributed by atoms with Gasteiger partial charge in [0.15, 0.2) is 12.4 Å². The molecule has 0 unspecified atom stereocenters. The number of nitrogens with zero attached hydrogens (tertiary/aromatic N) is 4. The normalized spacial score (nSPS) is 10.3. The van der Waals surface area contributed by atoms with Gasteiger partial charge in [0, 0.05) is 7.05 Å². The van der Waals surface area contributed by atoms with Crippen molar-refractivity contribution in [2.75, 3.05) is 0 Å². The molecule has 0 aliphatic heterocycles. The lowest BCUT2D eigenvalue weighted by molar-refractivity contribution is 0.0458. The third-order valence-corrected chi connectivity index (χ3v) is 4.05. The van der Waals surface area contributed by atoms with E-state index in [0.29, 0.717) is 22.7 Å². The minimum absolute atomic E-state index is 0.0534. The van der Waals surface area contributed by atoms with Crippen molar-refractivity contribution in [1.29, 1.82) is 5.26 Å². The first-order valence-electron chi connectivity index (χ1n) is 8.30. The van der Waals surface area contributed by atoms with Crippen molar-refractivity contribution in [3.8, 4) is 11.8 Å². The van der Waals surface area contributed by atoms with Crippen LogP contribution in [0.5, 0.6) is 5.75 Å². The standard InChI is InChI=1S/C20H18N4O3/c1-14-22-23-19(24(14)2)13-27-20(25)17-7-3-6-16(9-17)12-26-18-8-4-5-15(10-18)11-21/h3-10H,12-13H2,1-2H3. The fourth-order valence-corrected chi connectivity index (χ4v) is 2.40. The highest BCUT2D eigenvalue weighted by molar-refractivity contribution is 5.89. The maximum Gasteiger partial charge on any atom is 0.338 e. The molecule has 0 atom stereocenters. The fourth-order valence-electron chi connectivity index (χ4n) is 2.40. The van der Waals surface area contributed by atoms with E-state index in [2.05, 4.69) is 16.3 Å². The Morgan fingerprint density at radius 1 is 1.15 bits per heavy atom. The van der Waals surface area contributed by atoms with E-state index in [9.17, 15) is 4.79 Å². The van der Waals surface area contributed by atoms with Crippen LogP contribution in [0.25, 0.3) is 0 Å². The molecule has 3 aromatic rings. The van der Waals surface area contributed by atoms with Crippen LogP contribution in [-0.4, -0.2) is 20.7 Å². The van der Waals surface area contributed by atoms with Crippen molar-refractivity contribution in [3.63, 3.8) is 0 Å². The molecule has 0 saturated heterocycles. The lowest BCUT2D eigenvalue weighted by Gasteiger charge is -2.08. The lowest BCUT2D eigenvalue weighted by atomic mass is 10.1. The van der Waals surface area contributed by atoms with E-state index in [0.717, 1.165) is 11.4 Å². The summed E-state index contributed by atoms with van der Waals surface area (Å²) in [5.41, 5.74) is 1.78. The summed E-state index contributed by atoms with van der Waals surface area (Å²) < 4.78 is 12.8. The smallest absolute Gasteiger partial charge is 0.338 e. The molecule has 3 rings (SSSR count). The van der Waals surface area contributed by atoms with Crippen molar-refractivity contribution < 1.29 is 14.3 Å². The van der Waals surface area contributed by atoms with E-state index >= 15 is 0 Å². The molecular formula is C20H18N4O3. The first kappa shape index (κ1) is 18.1. The van der Waals surface area contributed by atoms with E-state index < -0.39 is 5.97 Å². The summed E-state index contributed by atoms with van der Waals surface area (Å²) in [6, 6.07) is 16.0. The average Bonchev–Trinajstić information content (AvgIpc) is 3.03. The Morgan fingerprint density at radius 2 is 1.96 bits per heavy atom. The molecule has 0 radical (unpaired) electrons. The molecule has 136 valence electrons. The van der Waals surface area contributed by atoms with Gasteiger partial charge >= 0.3 is 5.97 Å². The summed E-state index contributed by atoms with van der Waals surface area (Å²) in [4.78, 5) is 12.3. The summed E-state index contributed by atoms with van der Waals surface area (Å²) in [6.07, 6.45) is 0. The summed E-state index contributed by atoms with van der Waals surface area (Å²) in [5.74, 6) is 1.49. The molecule has 7 nitrogen and oxygen atoms in total. The molecule has 0 aliphatic rings. The number of hydrogen-bond donors (Lipinski definition) is 0. The topological polar surface area (TPSA) is 90.0 Å². The van der Waals surface area contributed by atoms with Crippen LogP contribution in [-0.2, 0) is 25.0 Å². The molecular weight excluding hydrogens is 344 g/mol. The predicted octanol–water partition coefficient (Wildman–Crippen LogP) is 2.93. The van der Waals surface area contributed by atoms with E-state index in [-0.39, 0.29) is 13.2 Å². The largest absolute Gasteiger partial charge is 0.489 e. The second-order valence-corrected chi connectivity index (χ2v) is 5.93. The van der Waals surface area contributed by atoms with Gasteiger partial charge in [-0.25, -0.2) is 4.79 Å². The zero-order valence-corrected chi connectivity index (χ0v) is 15.0. The highest BCUT2D eigenvalue weighted by Gasteiger charge is 2.11. The Hall–Kier alpha value is -3.66. The third-order valence-electron chi connectivity index (χ3n) is 4.05. The summed E-state index contributed by atoms with van der Waals surface area (Å²) in [5, 5.41) is 16.8. The highest BCUT2D eigenvalue weighted by Crippen LogP contribution is 2.16. The number of carbonyl (C=O) groups excluding carboxylic acids is 1. The molecule has 7 heteroatoms. The van der Waals surface area contributed by atoms with Crippen LogP contribution >= 0.6 is 0 Å². The number of hydrogen-bond acceptors (Lipinski definition) is 6. The maximum atomic E-state index is 12.3. The van der Waals surface area contributed by atoms with Gasteiger partial charge in [-0.1, -0.05) is 18.2 Å². The van der Waals surface area contributed by atoms with E-state index in [4.69, 9.17) is 14.7 Å². The number of carbonyl (C=O) groups is 1. The van der Waals surface area contributed by atoms with Gasteiger partial charge in [-0.05, 0) is 42.8 Å². The molecule has 1 aromatic heterocycles. The Balaban J connectivity index is 1.61. The Kier molecular flexibility index (Phi) is 5.47. The van der Waals surface area contributed by atoms with Crippen LogP contribution in [0.15, 0.2) is 48.5 Å². The molecule has 27 heavy (non-hydrogen) atoms. The molecule has 0 spiro atoms. The average molecular weight is 362 g/mol. The number of aryl methyl sites for hydroxylation is 1. The van der Waals surface area contributed by atoms with Gasteiger partial charge in [0.25, 0.3) is 0 Å². The fraction of sp³-hybridized carbons (Fsp3) is 0.200.